The smallest absolute Gasteiger partial charge is 0.337 e. The fourth-order valence-corrected chi connectivity index (χ4v) is 4.31. The molecule has 1 aliphatic rings. The lowest BCUT2D eigenvalue weighted by molar-refractivity contribution is 0.0600. The first-order chi connectivity index (χ1) is 16.5. The lowest BCUT2D eigenvalue weighted by Gasteiger charge is -2.31. The number of amides is 1. The van der Waals surface area contributed by atoms with Crippen LogP contribution in [0.15, 0.2) is 72.8 Å². The number of carbonyl (C=O) groups is 2. The van der Waals surface area contributed by atoms with Crippen LogP contribution >= 0.6 is 0 Å². The normalized spacial score (nSPS) is 16.1. The van der Waals surface area contributed by atoms with Crippen LogP contribution in [0.2, 0.25) is 0 Å². The number of ether oxygens (including phenoxy) is 1. The summed E-state index contributed by atoms with van der Waals surface area (Å²) < 4.78 is 4.73. The number of nitrogens with one attached hydrogen (secondary N) is 2. The van der Waals surface area contributed by atoms with Crippen molar-refractivity contribution in [3.63, 3.8) is 0 Å². The summed E-state index contributed by atoms with van der Waals surface area (Å²) in [5, 5.41) is 6.43. The lowest BCUT2D eigenvalue weighted by Crippen LogP contribution is -2.48. The first-order valence-electron chi connectivity index (χ1n) is 11.6. The molecule has 0 radical (unpaired) electrons. The fourth-order valence-electron chi connectivity index (χ4n) is 4.31. The zero-order chi connectivity index (χ0) is 23.9. The second-order valence-electron chi connectivity index (χ2n) is 8.75. The Bertz CT molecular complexity index is 1160. The summed E-state index contributed by atoms with van der Waals surface area (Å²) >= 11 is 0. The molecule has 3 aromatic carbocycles. The Morgan fingerprint density at radius 3 is 2.38 bits per heavy atom. The molecule has 1 heterocycles. The van der Waals surface area contributed by atoms with Crippen LogP contribution in [0.25, 0.3) is 11.1 Å². The molecule has 6 heteroatoms. The summed E-state index contributed by atoms with van der Waals surface area (Å²) in [5.74, 6) is -0.695. The molecule has 0 spiro atoms. The van der Waals surface area contributed by atoms with E-state index in [1.165, 1.54) is 18.2 Å². The van der Waals surface area contributed by atoms with Gasteiger partial charge in [-0.25, -0.2) is 4.79 Å². The molecule has 3 aromatic rings. The first-order valence-corrected chi connectivity index (χ1v) is 11.6. The molecule has 0 saturated carbocycles. The van der Waals surface area contributed by atoms with Gasteiger partial charge >= 0.3 is 5.97 Å². The van der Waals surface area contributed by atoms with Crippen molar-refractivity contribution in [2.45, 2.75) is 26.1 Å². The molecule has 1 saturated heterocycles. The maximum atomic E-state index is 12.6. The molecule has 1 amide bonds. The molecule has 1 fully saturated rings. The minimum Gasteiger partial charge on any atom is -0.465 e. The van der Waals surface area contributed by atoms with Crippen molar-refractivity contribution in [1.82, 2.24) is 15.5 Å². The highest BCUT2D eigenvalue weighted by Crippen LogP contribution is 2.23. The number of carbonyl (C=O) groups excluding carboxylic acids is 2. The lowest BCUT2D eigenvalue weighted by atomic mass is 10.0. The Morgan fingerprint density at radius 1 is 0.971 bits per heavy atom. The number of esters is 1. The summed E-state index contributed by atoms with van der Waals surface area (Å²) in [6.07, 6.45) is 0. The predicted molar refractivity (Wildman–Crippen MR) is 134 cm³/mol. The van der Waals surface area contributed by atoms with E-state index in [9.17, 15) is 9.59 Å². The van der Waals surface area contributed by atoms with Gasteiger partial charge in [0.1, 0.15) is 0 Å². The average Bonchev–Trinajstić information content (AvgIpc) is 2.87. The van der Waals surface area contributed by atoms with E-state index in [1.54, 1.807) is 24.3 Å². The Morgan fingerprint density at radius 2 is 1.65 bits per heavy atom. The van der Waals surface area contributed by atoms with Gasteiger partial charge in [-0.3, -0.25) is 9.69 Å². The predicted octanol–water partition coefficient (Wildman–Crippen LogP) is 3.86. The molecule has 1 atom stereocenters. The third-order valence-electron chi connectivity index (χ3n) is 6.05. The Labute approximate surface area is 200 Å². The second kappa shape index (κ2) is 11.1. The van der Waals surface area contributed by atoms with E-state index in [0.717, 1.165) is 37.3 Å². The van der Waals surface area contributed by atoms with Gasteiger partial charge in [0.2, 0.25) is 0 Å². The first kappa shape index (κ1) is 23.7. The van der Waals surface area contributed by atoms with Crippen LogP contribution in [0.4, 0.5) is 0 Å². The van der Waals surface area contributed by atoms with E-state index >= 15 is 0 Å². The van der Waals surface area contributed by atoms with Crippen molar-refractivity contribution in [2.75, 3.05) is 26.7 Å². The fraction of sp³-hybridized carbons (Fsp3) is 0.286. The summed E-state index contributed by atoms with van der Waals surface area (Å²) in [6, 6.07) is 23.9. The van der Waals surface area contributed by atoms with Crippen LogP contribution in [-0.4, -0.2) is 49.6 Å². The molecule has 176 valence electrons. The second-order valence-corrected chi connectivity index (χ2v) is 8.75. The van der Waals surface area contributed by atoms with Gasteiger partial charge in [-0.15, -0.1) is 0 Å². The molecular formula is C28H31N3O3. The van der Waals surface area contributed by atoms with Crippen LogP contribution in [-0.2, 0) is 17.8 Å². The largest absolute Gasteiger partial charge is 0.465 e. The molecule has 0 bridgehead atoms. The van der Waals surface area contributed by atoms with Crippen molar-refractivity contribution in [3.8, 4) is 11.1 Å². The monoisotopic (exact) mass is 457 g/mol. The zero-order valence-electron chi connectivity index (χ0n) is 19.7. The van der Waals surface area contributed by atoms with Crippen LogP contribution in [0, 0.1) is 0 Å². The van der Waals surface area contributed by atoms with E-state index in [2.05, 4.69) is 58.9 Å². The van der Waals surface area contributed by atoms with Gasteiger partial charge in [0.15, 0.2) is 0 Å². The number of piperazine rings is 1. The quantitative estimate of drug-likeness (QED) is 0.527. The molecule has 1 unspecified atom stereocenters. The molecule has 1 aliphatic heterocycles. The topological polar surface area (TPSA) is 70.7 Å². The summed E-state index contributed by atoms with van der Waals surface area (Å²) in [6.45, 7) is 6.71. The van der Waals surface area contributed by atoms with Crippen LogP contribution in [0.5, 0.6) is 0 Å². The van der Waals surface area contributed by atoms with E-state index < -0.39 is 5.97 Å². The van der Waals surface area contributed by atoms with Crippen LogP contribution in [0.3, 0.4) is 0 Å². The van der Waals surface area contributed by atoms with Gasteiger partial charge in [0.25, 0.3) is 5.91 Å². The minimum absolute atomic E-state index is 0.233. The van der Waals surface area contributed by atoms with Crippen molar-refractivity contribution in [2.24, 2.45) is 0 Å². The average molecular weight is 458 g/mol. The van der Waals surface area contributed by atoms with Crippen molar-refractivity contribution in [3.05, 3.63) is 95.1 Å². The Kier molecular flexibility index (Phi) is 7.72. The standard InChI is InChI=1S/C28H31N3O3/c1-20-18-31(13-12-29-20)19-22-7-4-9-24(15-22)23-8-3-6-21(14-23)17-30-27(32)25-10-5-11-26(16-25)28(33)34-2/h3-11,14-16,20,29H,12-13,17-19H2,1-2H3,(H,30,32). The highest BCUT2D eigenvalue weighted by Gasteiger charge is 2.16. The molecular weight excluding hydrogens is 426 g/mol. The van der Waals surface area contributed by atoms with Crippen molar-refractivity contribution < 1.29 is 14.3 Å². The highest BCUT2D eigenvalue weighted by molar-refractivity contribution is 5.97. The van der Waals surface area contributed by atoms with Crippen LogP contribution in [0.1, 0.15) is 38.8 Å². The van der Waals surface area contributed by atoms with E-state index in [1.807, 2.05) is 12.1 Å². The number of benzene rings is 3. The highest BCUT2D eigenvalue weighted by atomic mass is 16.5. The van der Waals surface area contributed by atoms with Gasteiger partial charge in [-0.1, -0.05) is 42.5 Å². The summed E-state index contributed by atoms with van der Waals surface area (Å²) in [5.41, 5.74) is 5.38. The number of hydrogen-bond acceptors (Lipinski definition) is 5. The summed E-state index contributed by atoms with van der Waals surface area (Å²) in [4.78, 5) is 26.8. The van der Waals surface area contributed by atoms with Gasteiger partial charge in [0, 0.05) is 44.3 Å². The maximum absolute atomic E-state index is 12.6. The molecule has 6 nitrogen and oxygen atoms in total. The van der Waals surface area contributed by atoms with E-state index in [0.29, 0.717) is 23.7 Å². The molecule has 2 N–H and O–H groups in total. The van der Waals surface area contributed by atoms with E-state index in [4.69, 9.17) is 4.74 Å². The van der Waals surface area contributed by atoms with Crippen molar-refractivity contribution >= 4 is 11.9 Å². The molecule has 0 aromatic heterocycles. The van der Waals surface area contributed by atoms with Gasteiger partial charge in [-0.05, 0) is 59.5 Å². The SMILES string of the molecule is COC(=O)c1cccc(C(=O)NCc2cccc(-c3cccc(CN4CCNC(C)C4)c3)c2)c1. The molecule has 4 rings (SSSR count). The zero-order valence-corrected chi connectivity index (χ0v) is 19.7. The minimum atomic E-state index is -0.462. The van der Waals surface area contributed by atoms with E-state index in [-0.39, 0.29) is 5.91 Å². The van der Waals surface area contributed by atoms with Crippen LogP contribution < -0.4 is 10.6 Å². The van der Waals surface area contributed by atoms with Gasteiger partial charge in [-0.2, -0.15) is 0 Å². The molecule has 0 aliphatic carbocycles. The number of rotatable bonds is 7. The Hall–Kier alpha value is -3.48. The number of nitrogens with zero attached hydrogens (tertiary/aromatic N) is 1. The number of methoxy groups -OCH3 is 1. The number of hydrogen-bond donors (Lipinski definition) is 2. The third kappa shape index (κ3) is 6.10. The van der Waals surface area contributed by atoms with Gasteiger partial charge in [0.05, 0.1) is 12.7 Å². The summed E-state index contributed by atoms with van der Waals surface area (Å²) in [7, 11) is 1.32. The van der Waals surface area contributed by atoms with Gasteiger partial charge < -0.3 is 15.4 Å². The van der Waals surface area contributed by atoms with Crippen molar-refractivity contribution in [1.29, 1.82) is 0 Å². The third-order valence-corrected chi connectivity index (χ3v) is 6.05. The molecule has 34 heavy (non-hydrogen) atoms. The Balaban J connectivity index is 1.41. The maximum Gasteiger partial charge on any atom is 0.337 e.